The van der Waals surface area contributed by atoms with Crippen molar-refractivity contribution in [1.82, 2.24) is 0 Å². The van der Waals surface area contributed by atoms with Gasteiger partial charge in [0.1, 0.15) is 0 Å². The predicted molar refractivity (Wildman–Crippen MR) is 54.3 cm³/mol. The Hall–Kier alpha value is -1.37. The van der Waals surface area contributed by atoms with Gasteiger partial charge in [0, 0.05) is 11.9 Å². The van der Waals surface area contributed by atoms with E-state index in [2.05, 4.69) is 17.6 Å². The molecule has 0 radical (unpaired) electrons. The fourth-order valence-electron chi connectivity index (χ4n) is 0.836. The van der Waals surface area contributed by atoms with Gasteiger partial charge in [-0.05, 0) is 18.9 Å². The first-order chi connectivity index (χ1) is 5.80. The SMILES string of the molecule is C=C1/C=C\C=C/C/C=C\N=C1C. The molecule has 0 fully saturated rings. The molecule has 0 atom stereocenters. The molecule has 1 heterocycles. The van der Waals surface area contributed by atoms with Gasteiger partial charge in [0.05, 0.1) is 0 Å². The second-order valence-corrected chi connectivity index (χ2v) is 2.65. The monoisotopic (exact) mass is 159 g/mol. The summed E-state index contributed by atoms with van der Waals surface area (Å²) in [6, 6.07) is 0. The molecule has 0 aromatic carbocycles. The Balaban J connectivity index is 2.83. The summed E-state index contributed by atoms with van der Waals surface area (Å²) in [5.41, 5.74) is 1.93. The molecule has 0 saturated carbocycles. The van der Waals surface area contributed by atoms with Crippen molar-refractivity contribution in [3.8, 4) is 0 Å². The number of hydrogen-bond donors (Lipinski definition) is 0. The average molecular weight is 159 g/mol. The van der Waals surface area contributed by atoms with Crippen LogP contribution in [0.2, 0.25) is 0 Å². The van der Waals surface area contributed by atoms with Crippen molar-refractivity contribution >= 4 is 5.71 Å². The smallest absolute Gasteiger partial charge is 0.0438 e. The van der Waals surface area contributed by atoms with E-state index >= 15 is 0 Å². The third kappa shape index (κ3) is 2.70. The maximum atomic E-state index is 4.22. The third-order valence-electron chi connectivity index (χ3n) is 1.66. The molecule has 0 amide bonds. The molecule has 1 heteroatoms. The Bertz CT molecular complexity index is 277. The molecular formula is C11H13N. The fraction of sp³-hybridized carbons (Fsp3) is 0.182. The summed E-state index contributed by atoms with van der Waals surface area (Å²) in [6.45, 7) is 5.84. The van der Waals surface area contributed by atoms with Crippen LogP contribution in [0, 0.1) is 0 Å². The first-order valence-electron chi connectivity index (χ1n) is 4.02. The summed E-state index contributed by atoms with van der Waals surface area (Å²) in [6.07, 6.45) is 12.8. The quantitative estimate of drug-likeness (QED) is 0.515. The largest absolute Gasteiger partial charge is 0.261 e. The van der Waals surface area contributed by atoms with Crippen LogP contribution in [0.3, 0.4) is 0 Å². The molecule has 12 heavy (non-hydrogen) atoms. The molecule has 0 spiro atoms. The minimum atomic E-state index is 0.938. The van der Waals surface area contributed by atoms with Crippen LogP contribution in [0.15, 0.2) is 53.7 Å². The summed E-state index contributed by atoms with van der Waals surface area (Å²) in [5, 5.41) is 0. The summed E-state index contributed by atoms with van der Waals surface area (Å²) in [4.78, 5) is 4.22. The van der Waals surface area contributed by atoms with E-state index in [0.29, 0.717) is 0 Å². The van der Waals surface area contributed by atoms with E-state index in [1.807, 2.05) is 37.4 Å². The minimum Gasteiger partial charge on any atom is -0.261 e. The molecule has 1 nitrogen and oxygen atoms in total. The van der Waals surface area contributed by atoms with E-state index in [1.165, 1.54) is 0 Å². The van der Waals surface area contributed by atoms with Crippen LogP contribution in [0.1, 0.15) is 13.3 Å². The molecule has 0 N–H and O–H groups in total. The van der Waals surface area contributed by atoms with Gasteiger partial charge in [0.2, 0.25) is 0 Å². The molecule has 0 bridgehead atoms. The van der Waals surface area contributed by atoms with E-state index in [9.17, 15) is 0 Å². The zero-order chi connectivity index (χ0) is 8.81. The van der Waals surface area contributed by atoms with Gasteiger partial charge in [0.15, 0.2) is 0 Å². The lowest BCUT2D eigenvalue weighted by atomic mass is 10.2. The molecule has 0 saturated heterocycles. The maximum absolute atomic E-state index is 4.22. The highest BCUT2D eigenvalue weighted by molar-refractivity contribution is 6.00. The first-order valence-corrected chi connectivity index (χ1v) is 4.02. The molecule has 0 unspecified atom stereocenters. The van der Waals surface area contributed by atoms with Crippen LogP contribution in [-0.2, 0) is 0 Å². The summed E-state index contributed by atoms with van der Waals surface area (Å²) in [7, 11) is 0. The molecule has 0 aliphatic carbocycles. The van der Waals surface area contributed by atoms with Crippen LogP contribution in [-0.4, -0.2) is 5.71 Å². The van der Waals surface area contributed by atoms with E-state index < -0.39 is 0 Å². The van der Waals surface area contributed by atoms with E-state index in [-0.39, 0.29) is 0 Å². The zero-order valence-electron chi connectivity index (χ0n) is 7.33. The second kappa shape index (κ2) is 4.50. The molecule has 0 aromatic heterocycles. The maximum Gasteiger partial charge on any atom is 0.0438 e. The van der Waals surface area contributed by atoms with E-state index in [0.717, 1.165) is 17.7 Å². The Morgan fingerprint density at radius 1 is 1.33 bits per heavy atom. The van der Waals surface area contributed by atoms with Gasteiger partial charge < -0.3 is 0 Å². The average Bonchev–Trinajstić information content (AvgIpc) is 2.08. The van der Waals surface area contributed by atoms with Gasteiger partial charge in [-0.3, -0.25) is 4.99 Å². The van der Waals surface area contributed by atoms with Crippen molar-refractivity contribution in [3.63, 3.8) is 0 Å². The Kier molecular flexibility index (Phi) is 3.27. The van der Waals surface area contributed by atoms with Gasteiger partial charge in [-0.25, -0.2) is 0 Å². The van der Waals surface area contributed by atoms with Crippen molar-refractivity contribution in [2.24, 2.45) is 4.99 Å². The fourth-order valence-corrected chi connectivity index (χ4v) is 0.836. The summed E-state index contributed by atoms with van der Waals surface area (Å²) >= 11 is 0. The van der Waals surface area contributed by atoms with Crippen molar-refractivity contribution in [1.29, 1.82) is 0 Å². The minimum absolute atomic E-state index is 0.938. The van der Waals surface area contributed by atoms with Gasteiger partial charge in [-0.15, -0.1) is 0 Å². The lowest BCUT2D eigenvalue weighted by Crippen LogP contribution is -1.91. The van der Waals surface area contributed by atoms with Gasteiger partial charge in [0.25, 0.3) is 0 Å². The summed E-state index contributed by atoms with van der Waals surface area (Å²) < 4.78 is 0. The Morgan fingerprint density at radius 2 is 2.17 bits per heavy atom. The number of rotatable bonds is 0. The molecule has 62 valence electrons. The van der Waals surface area contributed by atoms with E-state index in [4.69, 9.17) is 0 Å². The molecule has 1 aliphatic rings. The number of allylic oxidation sites excluding steroid dienone is 6. The third-order valence-corrected chi connectivity index (χ3v) is 1.66. The zero-order valence-corrected chi connectivity index (χ0v) is 7.33. The van der Waals surface area contributed by atoms with Crippen LogP contribution < -0.4 is 0 Å². The highest BCUT2D eigenvalue weighted by atomic mass is 14.7. The van der Waals surface area contributed by atoms with Crippen LogP contribution in [0.4, 0.5) is 0 Å². The van der Waals surface area contributed by atoms with E-state index in [1.54, 1.807) is 0 Å². The first kappa shape index (κ1) is 8.72. The lowest BCUT2D eigenvalue weighted by molar-refractivity contribution is 1.35. The standard InChI is InChI=1S/C11H13N/c1-10-8-6-4-3-5-7-9-12-11(10)2/h3-4,6-9H,1,5H2,2H3/b4-3-,8-6-,9-7-,12-11?. The highest BCUT2D eigenvalue weighted by Crippen LogP contribution is 2.00. The van der Waals surface area contributed by atoms with Crippen LogP contribution in [0.5, 0.6) is 0 Å². The number of hydrogen-bond acceptors (Lipinski definition) is 1. The number of aliphatic imine (C=N–C) groups is 1. The van der Waals surface area contributed by atoms with Crippen molar-refractivity contribution in [2.75, 3.05) is 0 Å². The topological polar surface area (TPSA) is 12.4 Å². The van der Waals surface area contributed by atoms with Crippen molar-refractivity contribution in [3.05, 3.63) is 48.7 Å². The van der Waals surface area contributed by atoms with Gasteiger partial charge in [-0.1, -0.05) is 37.0 Å². The summed E-state index contributed by atoms with van der Waals surface area (Å²) in [5.74, 6) is 0. The van der Waals surface area contributed by atoms with Crippen molar-refractivity contribution in [2.45, 2.75) is 13.3 Å². The van der Waals surface area contributed by atoms with Crippen LogP contribution >= 0.6 is 0 Å². The Labute approximate surface area is 73.5 Å². The molecular weight excluding hydrogens is 146 g/mol. The Morgan fingerprint density at radius 3 is 3.00 bits per heavy atom. The molecule has 1 aliphatic heterocycles. The predicted octanol–water partition coefficient (Wildman–Crippen LogP) is 3.03. The van der Waals surface area contributed by atoms with Crippen LogP contribution in [0.25, 0.3) is 0 Å². The van der Waals surface area contributed by atoms with Crippen molar-refractivity contribution < 1.29 is 0 Å². The second-order valence-electron chi connectivity index (χ2n) is 2.65. The van der Waals surface area contributed by atoms with Gasteiger partial charge >= 0.3 is 0 Å². The molecule has 1 rings (SSSR count). The lowest BCUT2D eigenvalue weighted by Gasteiger charge is -1.96. The highest BCUT2D eigenvalue weighted by Gasteiger charge is 1.91. The number of nitrogens with zero attached hydrogens (tertiary/aromatic N) is 1. The normalized spacial score (nSPS) is 25.8. The molecule has 0 aromatic rings. The van der Waals surface area contributed by atoms with Gasteiger partial charge in [-0.2, -0.15) is 0 Å².